The third-order valence-corrected chi connectivity index (χ3v) is 13.2. The summed E-state index contributed by atoms with van der Waals surface area (Å²) in [5.74, 6) is 1.18. The summed E-state index contributed by atoms with van der Waals surface area (Å²) < 4.78 is 9.66. The molecular formula is C49H54N8O6. The zero-order valence-electron chi connectivity index (χ0n) is 36.1. The SMILES string of the molecule is COC(=O)N[C@H](C(=O)N1CCC[C@H]1C1=NC2c3ccc(-c4ccc5cc(-c6cnc([C@@H]7CCCN7C(=O)[C@H](NC(=O)OC)c7ccccc7)[nH]6)ccc5c4)cc3CCC2N1)C(C)C. The fourth-order valence-electron chi connectivity index (χ4n) is 9.87. The van der Waals surface area contributed by atoms with E-state index in [2.05, 4.69) is 75.5 Å². The highest BCUT2D eigenvalue weighted by atomic mass is 16.5. The number of H-pyrrole nitrogens is 1. The molecule has 4 N–H and O–H groups in total. The van der Waals surface area contributed by atoms with Crippen LogP contribution in [0.1, 0.15) is 86.6 Å². The number of aliphatic imine (C=N–C) groups is 1. The van der Waals surface area contributed by atoms with Gasteiger partial charge in [0.2, 0.25) is 5.91 Å². The number of amidine groups is 1. The van der Waals surface area contributed by atoms with Crippen LogP contribution in [-0.2, 0) is 25.5 Å². The lowest BCUT2D eigenvalue weighted by atomic mass is 9.83. The molecule has 2 unspecified atom stereocenters. The molecule has 4 amide bonds. The van der Waals surface area contributed by atoms with E-state index in [1.807, 2.05) is 55.3 Å². The number of carbonyl (C=O) groups excluding carboxylic acids is 4. The second kappa shape index (κ2) is 17.6. The topological polar surface area (TPSA) is 170 Å². The molecule has 6 atom stereocenters. The summed E-state index contributed by atoms with van der Waals surface area (Å²) in [5.41, 5.74) is 7.36. The maximum atomic E-state index is 14.0. The highest BCUT2D eigenvalue weighted by Crippen LogP contribution is 2.40. The van der Waals surface area contributed by atoms with E-state index in [0.29, 0.717) is 24.5 Å². The lowest BCUT2D eigenvalue weighted by molar-refractivity contribution is -0.135. The number of aromatic amines is 1. The maximum Gasteiger partial charge on any atom is 0.407 e. The van der Waals surface area contributed by atoms with Gasteiger partial charge in [-0.15, -0.1) is 0 Å². The first kappa shape index (κ1) is 41.6. The van der Waals surface area contributed by atoms with E-state index in [9.17, 15) is 19.2 Å². The average molecular weight is 851 g/mol. The molecule has 14 heteroatoms. The Morgan fingerprint density at radius 1 is 0.746 bits per heavy atom. The highest BCUT2D eigenvalue weighted by molar-refractivity contribution is 5.96. The summed E-state index contributed by atoms with van der Waals surface area (Å²) in [6, 6.07) is 27.1. The lowest BCUT2D eigenvalue weighted by Gasteiger charge is -2.31. The number of alkyl carbamates (subject to hydrolysis) is 2. The summed E-state index contributed by atoms with van der Waals surface area (Å²) in [4.78, 5) is 69.3. The standard InChI is InChI=1S/C49H54N8O6/c1-28(2)41(54-48(60)62-3)46(58)57-23-9-13-40(57)45-51-37-21-19-34-25-33(18-20-36(34)43(37)53-45)30-14-15-32-26-35(17-16-31(32)24-30)38-27-50-44(52-38)39-12-8-22-56(39)47(59)42(55-49(61)63-4)29-10-6-5-7-11-29/h5-7,10-11,14-18,20,24-28,37,39-43H,8-9,12-13,19,21-23H2,1-4H3,(H,50,52)(H,51,53)(H,54,60)(H,55,61)/t37?,39-,40-,41-,42+,43?/m0/s1. The molecule has 5 aromatic rings. The molecule has 63 heavy (non-hydrogen) atoms. The van der Waals surface area contributed by atoms with Gasteiger partial charge in [-0.1, -0.05) is 86.6 Å². The number of nitrogens with one attached hydrogen (secondary N) is 4. The van der Waals surface area contributed by atoms with Crippen molar-refractivity contribution in [3.8, 4) is 22.4 Å². The Hall–Kier alpha value is -6.70. The van der Waals surface area contributed by atoms with Crippen molar-refractivity contribution < 1.29 is 28.7 Å². The van der Waals surface area contributed by atoms with Crippen LogP contribution in [0, 0.1) is 5.92 Å². The van der Waals surface area contributed by atoms with Gasteiger partial charge in [0.05, 0.1) is 50.3 Å². The van der Waals surface area contributed by atoms with E-state index in [1.165, 1.54) is 25.3 Å². The molecule has 0 saturated carbocycles. The van der Waals surface area contributed by atoms with Gasteiger partial charge in [0.25, 0.3) is 5.91 Å². The van der Waals surface area contributed by atoms with Gasteiger partial charge < -0.3 is 40.2 Å². The first-order chi connectivity index (χ1) is 30.6. The Balaban J connectivity index is 0.895. The van der Waals surface area contributed by atoms with Crippen molar-refractivity contribution in [2.45, 2.75) is 88.6 Å². The number of aromatic nitrogens is 2. The quantitative estimate of drug-likeness (QED) is 0.113. The van der Waals surface area contributed by atoms with Crippen LogP contribution in [0.4, 0.5) is 9.59 Å². The number of hydrogen-bond acceptors (Lipinski definition) is 9. The normalized spacial score (nSPS) is 21.3. The molecule has 0 bridgehead atoms. The first-order valence-electron chi connectivity index (χ1n) is 22.0. The number of ether oxygens (including phenoxy) is 2. The zero-order valence-corrected chi connectivity index (χ0v) is 36.1. The number of rotatable bonds is 10. The Labute approximate surface area is 366 Å². The number of likely N-dealkylation sites (tertiary alicyclic amines) is 2. The van der Waals surface area contributed by atoms with E-state index in [0.717, 1.165) is 77.5 Å². The minimum absolute atomic E-state index is 0.0190. The summed E-state index contributed by atoms with van der Waals surface area (Å²) >= 11 is 0. The summed E-state index contributed by atoms with van der Waals surface area (Å²) in [6.07, 6.45) is 5.72. The second-order valence-electron chi connectivity index (χ2n) is 17.3. The summed E-state index contributed by atoms with van der Waals surface area (Å²) in [6.45, 7) is 5.04. The Morgan fingerprint density at radius 3 is 2.13 bits per heavy atom. The Bertz CT molecular complexity index is 2570. The van der Waals surface area contributed by atoms with Gasteiger partial charge in [0.15, 0.2) is 0 Å². The molecule has 4 aliphatic rings. The van der Waals surface area contributed by atoms with Crippen LogP contribution in [0.25, 0.3) is 33.2 Å². The minimum atomic E-state index is -0.878. The van der Waals surface area contributed by atoms with Gasteiger partial charge in [-0.05, 0) is 95.2 Å². The smallest absolute Gasteiger partial charge is 0.407 e. The predicted octanol–water partition coefficient (Wildman–Crippen LogP) is 7.39. The predicted molar refractivity (Wildman–Crippen MR) is 240 cm³/mol. The van der Waals surface area contributed by atoms with Crippen molar-refractivity contribution in [1.82, 2.24) is 35.7 Å². The van der Waals surface area contributed by atoms with Crippen LogP contribution in [0.3, 0.4) is 0 Å². The first-order valence-corrected chi connectivity index (χ1v) is 22.0. The van der Waals surface area contributed by atoms with Crippen molar-refractivity contribution in [3.05, 3.63) is 114 Å². The van der Waals surface area contributed by atoms with Crippen LogP contribution < -0.4 is 16.0 Å². The molecule has 3 aliphatic heterocycles. The maximum absolute atomic E-state index is 14.0. The van der Waals surface area contributed by atoms with Gasteiger partial charge in [0, 0.05) is 18.7 Å². The molecule has 2 saturated heterocycles. The van der Waals surface area contributed by atoms with E-state index in [-0.39, 0.29) is 41.9 Å². The van der Waals surface area contributed by atoms with E-state index in [4.69, 9.17) is 19.5 Å². The largest absolute Gasteiger partial charge is 0.453 e. The Morgan fingerprint density at radius 2 is 1.40 bits per heavy atom. The molecule has 2 fully saturated rings. The fourth-order valence-corrected chi connectivity index (χ4v) is 9.87. The molecule has 0 spiro atoms. The second-order valence-corrected chi connectivity index (χ2v) is 17.3. The van der Waals surface area contributed by atoms with E-state index < -0.39 is 24.3 Å². The number of nitrogens with zero attached hydrogens (tertiary/aromatic N) is 4. The van der Waals surface area contributed by atoms with Crippen molar-refractivity contribution in [2.24, 2.45) is 10.9 Å². The van der Waals surface area contributed by atoms with Crippen LogP contribution in [0.5, 0.6) is 0 Å². The highest BCUT2D eigenvalue weighted by Gasteiger charge is 2.43. The fraction of sp³-hybridized carbons (Fsp3) is 0.388. The Kier molecular flexibility index (Phi) is 11.6. The number of carbonyl (C=O) groups is 4. The van der Waals surface area contributed by atoms with Crippen LogP contribution in [0.2, 0.25) is 0 Å². The average Bonchev–Trinajstić information content (AvgIpc) is 4.16. The molecule has 0 radical (unpaired) electrons. The summed E-state index contributed by atoms with van der Waals surface area (Å²) in [5, 5.41) is 11.4. The van der Waals surface area contributed by atoms with Gasteiger partial charge in [-0.3, -0.25) is 14.6 Å². The van der Waals surface area contributed by atoms with Crippen LogP contribution in [-0.4, -0.2) is 95.0 Å². The van der Waals surface area contributed by atoms with Gasteiger partial charge in [0.1, 0.15) is 23.7 Å². The molecule has 4 heterocycles. The molecule has 4 aromatic carbocycles. The molecule has 1 aliphatic carbocycles. The minimum Gasteiger partial charge on any atom is -0.453 e. The number of amides is 4. The lowest BCUT2D eigenvalue weighted by Crippen LogP contribution is -2.55. The van der Waals surface area contributed by atoms with Crippen molar-refractivity contribution in [1.29, 1.82) is 0 Å². The van der Waals surface area contributed by atoms with Gasteiger partial charge >= 0.3 is 12.2 Å². The zero-order chi connectivity index (χ0) is 43.8. The van der Waals surface area contributed by atoms with Gasteiger partial charge in [-0.2, -0.15) is 0 Å². The number of benzene rings is 4. The number of methoxy groups -OCH3 is 2. The van der Waals surface area contributed by atoms with Gasteiger partial charge in [-0.25, -0.2) is 14.6 Å². The molecule has 326 valence electrons. The summed E-state index contributed by atoms with van der Waals surface area (Å²) in [7, 11) is 2.60. The monoisotopic (exact) mass is 850 g/mol. The molecule has 9 rings (SSSR count). The van der Waals surface area contributed by atoms with E-state index in [1.54, 1.807) is 4.90 Å². The molecule has 14 nitrogen and oxygen atoms in total. The van der Waals surface area contributed by atoms with E-state index >= 15 is 0 Å². The van der Waals surface area contributed by atoms with Crippen LogP contribution >= 0.6 is 0 Å². The van der Waals surface area contributed by atoms with Crippen molar-refractivity contribution in [3.63, 3.8) is 0 Å². The van der Waals surface area contributed by atoms with Crippen molar-refractivity contribution >= 4 is 40.6 Å². The molecule has 1 aromatic heterocycles. The number of aryl methyl sites for hydroxylation is 1. The third-order valence-electron chi connectivity index (χ3n) is 13.2. The third kappa shape index (κ3) is 8.21. The number of imidazole rings is 1. The number of fused-ring (bicyclic) bond motifs is 4. The number of hydrogen-bond donors (Lipinski definition) is 4. The van der Waals surface area contributed by atoms with Crippen molar-refractivity contribution in [2.75, 3.05) is 27.3 Å². The molecular weight excluding hydrogens is 797 g/mol. The van der Waals surface area contributed by atoms with Crippen LogP contribution in [0.15, 0.2) is 96.1 Å².